The topological polar surface area (TPSA) is 134 Å². The minimum absolute atomic E-state index is 0.0537. The Morgan fingerprint density at radius 3 is 1.38 bits per heavy atom. The maximum Gasteiger partial charge on any atom is 0.472 e. The van der Waals surface area contributed by atoms with E-state index in [9.17, 15) is 19.0 Å². The molecule has 3 N–H and O–H groups in total. The Hall–Kier alpha value is -1.51. The van der Waals surface area contributed by atoms with Crippen molar-refractivity contribution in [2.75, 3.05) is 26.4 Å². The van der Waals surface area contributed by atoms with Crippen LogP contribution in [0.3, 0.4) is 0 Å². The summed E-state index contributed by atoms with van der Waals surface area (Å²) in [6.45, 7) is 3.74. The van der Waals surface area contributed by atoms with E-state index in [2.05, 4.69) is 38.2 Å². The minimum atomic E-state index is -4.38. The highest BCUT2D eigenvalue weighted by Crippen LogP contribution is 2.43. The van der Waals surface area contributed by atoms with Crippen LogP contribution in [0.4, 0.5) is 0 Å². The molecule has 0 aliphatic rings. The van der Waals surface area contributed by atoms with Gasteiger partial charge in [0.05, 0.1) is 13.2 Å². The second kappa shape index (κ2) is 43.1. The number of carbonyl (C=O) groups excluding carboxylic acids is 2. The molecule has 0 saturated carbocycles. The van der Waals surface area contributed by atoms with Gasteiger partial charge in [0.1, 0.15) is 6.61 Å². The first-order valence-corrected chi connectivity index (χ1v) is 24.8. The maximum atomic E-state index is 12.6. The number of ether oxygens (including phenoxy) is 2. The number of phosphoric ester groups is 1. The summed E-state index contributed by atoms with van der Waals surface area (Å²) in [4.78, 5) is 34.9. The summed E-state index contributed by atoms with van der Waals surface area (Å²) in [6.07, 6.45) is 46.3. The predicted molar refractivity (Wildman–Crippen MR) is 234 cm³/mol. The van der Waals surface area contributed by atoms with Crippen LogP contribution < -0.4 is 5.73 Å². The van der Waals surface area contributed by atoms with Crippen molar-refractivity contribution < 1.29 is 37.6 Å². The van der Waals surface area contributed by atoms with Crippen molar-refractivity contribution >= 4 is 19.8 Å². The van der Waals surface area contributed by atoms with E-state index in [1.165, 1.54) is 141 Å². The average Bonchev–Trinajstić information content (AvgIpc) is 3.18. The third-order valence-corrected chi connectivity index (χ3v) is 11.1. The van der Waals surface area contributed by atoms with Gasteiger partial charge in [-0.3, -0.25) is 18.6 Å². The monoisotopic (exact) mass is 814 g/mol. The van der Waals surface area contributed by atoms with Crippen molar-refractivity contribution in [3.63, 3.8) is 0 Å². The number of rotatable bonds is 44. The summed E-state index contributed by atoms with van der Waals surface area (Å²) in [5, 5.41) is 0. The van der Waals surface area contributed by atoms with Crippen LogP contribution in [0.1, 0.15) is 226 Å². The number of allylic oxidation sites excluding steroid dienone is 4. The standard InChI is InChI=1S/C46H88NO8P/c1-3-5-7-9-11-13-15-17-19-21-23-25-27-29-31-33-35-37-39-46(49)55-44(43-54-56(50,51)53-41-40-47)42-52-45(48)38-36-34-32-30-28-26-24-22-20-18-16-14-12-10-8-6-4-2/h13,15,19,21,44H,3-12,14,16-18,20,22-43,47H2,1-2H3,(H,50,51)/b15-13-,21-19-. The Kier molecular flexibility index (Phi) is 41.9. The van der Waals surface area contributed by atoms with Gasteiger partial charge in [-0.2, -0.15) is 0 Å². The molecule has 9 nitrogen and oxygen atoms in total. The fourth-order valence-corrected chi connectivity index (χ4v) is 7.37. The van der Waals surface area contributed by atoms with Crippen molar-refractivity contribution in [2.24, 2.45) is 5.73 Å². The first-order valence-electron chi connectivity index (χ1n) is 23.3. The molecular formula is C46H88NO8P. The smallest absolute Gasteiger partial charge is 0.462 e. The molecular weight excluding hydrogens is 725 g/mol. The zero-order chi connectivity index (χ0) is 41.1. The summed E-state index contributed by atoms with van der Waals surface area (Å²) in [5.41, 5.74) is 5.35. The third-order valence-electron chi connectivity index (χ3n) is 10.1. The van der Waals surface area contributed by atoms with E-state index in [-0.39, 0.29) is 38.6 Å². The molecule has 56 heavy (non-hydrogen) atoms. The molecule has 10 heteroatoms. The molecule has 0 fully saturated rings. The van der Waals surface area contributed by atoms with Crippen LogP contribution in [0.15, 0.2) is 24.3 Å². The van der Waals surface area contributed by atoms with E-state index in [4.69, 9.17) is 24.3 Å². The lowest BCUT2D eigenvalue weighted by Gasteiger charge is -2.19. The van der Waals surface area contributed by atoms with Gasteiger partial charge in [0.15, 0.2) is 6.10 Å². The summed E-state index contributed by atoms with van der Waals surface area (Å²) in [5.74, 6) is -0.827. The molecule has 330 valence electrons. The second-order valence-corrected chi connectivity index (χ2v) is 17.1. The maximum absolute atomic E-state index is 12.6. The summed E-state index contributed by atoms with van der Waals surface area (Å²) >= 11 is 0. The van der Waals surface area contributed by atoms with Gasteiger partial charge in [0.2, 0.25) is 0 Å². The highest BCUT2D eigenvalue weighted by atomic mass is 31.2. The Morgan fingerprint density at radius 1 is 0.536 bits per heavy atom. The molecule has 0 spiro atoms. The van der Waals surface area contributed by atoms with E-state index < -0.39 is 26.5 Å². The van der Waals surface area contributed by atoms with Gasteiger partial charge < -0.3 is 20.1 Å². The van der Waals surface area contributed by atoms with Crippen molar-refractivity contribution in [3.8, 4) is 0 Å². The zero-order valence-corrected chi connectivity index (χ0v) is 37.3. The van der Waals surface area contributed by atoms with Gasteiger partial charge in [-0.05, 0) is 44.9 Å². The van der Waals surface area contributed by atoms with E-state index in [0.29, 0.717) is 6.42 Å². The van der Waals surface area contributed by atoms with Crippen LogP contribution in [0.25, 0.3) is 0 Å². The number of carbonyl (C=O) groups is 2. The van der Waals surface area contributed by atoms with Crippen LogP contribution in [0, 0.1) is 0 Å². The molecule has 0 aromatic heterocycles. The Labute approximate surface area is 344 Å². The van der Waals surface area contributed by atoms with Crippen molar-refractivity contribution in [2.45, 2.75) is 232 Å². The fraction of sp³-hybridized carbons (Fsp3) is 0.870. The lowest BCUT2D eigenvalue weighted by Crippen LogP contribution is -2.29. The van der Waals surface area contributed by atoms with Crippen molar-refractivity contribution in [1.82, 2.24) is 0 Å². The quantitative estimate of drug-likeness (QED) is 0.0267. The molecule has 0 saturated heterocycles. The largest absolute Gasteiger partial charge is 0.472 e. The summed E-state index contributed by atoms with van der Waals surface area (Å²) in [7, 11) is -4.38. The van der Waals surface area contributed by atoms with E-state index in [1.807, 2.05) is 0 Å². The van der Waals surface area contributed by atoms with Crippen LogP contribution in [-0.2, 0) is 32.7 Å². The third kappa shape index (κ3) is 42.1. The SMILES string of the molecule is CCCCCC/C=C\C/C=C\CCCCCCCCCC(=O)OC(COC(=O)CCCCCCCCCCCCCCCCCCC)COP(=O)(O)OCCN. The van der Waals surface area contributed by atoms with Crippen LogP contribution in [0.5, 0.6) is 0 Å². The molecule has 0 heterocycles. The van der Waals surface area contributed by atoms with Gasteiger partial charge in [0.25, 0.3) is 0 Å². The van der Waals surface area contributed by atoms with E-state index in [1.54, 1.807) is 0 Å². The molecule has 2 atom stereocenters. The number of hydrogen-bond donors (Lipinski definition) is 2. The van der Waals surface area contributed by atoms with Gasteiger partial charge in [-0.15, -0.1) is 0 Å². The Balaban J connectivity index is 4.10. The molecule has 0 aliphatic heterocycles. The first-order chi connectivity index (χ1) is 27.3. The molecule has 0 aromatic carbocycles. The highest BCUT2D eigenvalue weighted by molar-refractivity contribution is 7.47. The number of esters is 2. The first kappa shape index (κ1) is 54.5. The second-order valence-electron chi connectivity index (χ2n) is 15.6. The molecule has 0 radical (unpaired) electrons. The van der Waals surface area contributed by atoms with Crippen LogP contribution in [0.2, 0.25) is 0 Å². The molecule has 0 aromatic rings. The summed E-state index contributed by atoms with van der Waals surface area (Å²) < 4.78 is 32.8. The van der Waals surface area contributed by atoms with Crippen LogP contribution >= 0.6 is 7.82 Å². The minimum Gasteiger partial charge on any atom is -0.462 e. The normalized spacial score (nSPS) is 13.4. The van der Waals surface area contributed by atoms with Crippen molar-refractivity contribution in [3.05, 3.63) is 24.3 Å². The lowest BCUT2D eigenvalue weighted by molar-refractivity contribution is -0.161. The number of nitrogens with two attached hydrogens (primary N) is 1. The molecule has 2 unspecified atom stereocenters. The summed E-state index contributed by atoms with van der Waals surface area (Å²) in [6, 6.07) is 0. The van der Waals surface area contributed by atoms with E-state index >= 15 is 0 Å². The predicted octanol–water partition coefficient (Wildman–Crippen LogP) is 13.6. The van der Waals surface area contributed by atoms with Crippen molar-refractivity contribution in [1.29, 1.82) is 0 Å². The van der Waals surface area contributed by atoms with Gasteiger partial charge in [-0.1, -0.05) is 192 Å². The number of phosphoric acid groups is 1. The zero-order valence-electron chi connectivity index (χ0n) is 36.4. The average molecular weight is 814 g/mol. The number of unbranched alkanes of at least 4 members (excludes halogenated alkanes) is 27. The van der Waals surface area contributed by atoms with Gasteiger partial charge in [-0.25, -0.2) is 4.57 Å². The van der Waals surface area contributed by atoms with E-state index in [0.717, 1.165) is 51.4 Å². The van der Waals surface area contributed by atoms with Gasteiger partial charge >= 0.3 is 19.8 Å². The Bertz CT molecular complexity index is 975. The van der Waals surface area contributed by atoms with Crippen LogP contribution in [-0.4, -0.2) is 49.3 Å². The van der Waals surface area contributed by atoms with Gasteiger partial charge in [0, 0.05) is 19.4 Å². The number of hydrogen-bond acceptors (Lipinski definition) is 8. The molecule has 0 amide bonds. The molecule has 0 bridgehead atoms. The highest BCUT2D eigenvalue weighted by Gasteiger charge is 2.26. The molecule has 0 aliphatic carbocycles. The lowest BCUT2D eigenvalue weighted by atomic mass is 10.0. The molecule has 0 rings (SSSR count). The Morgan fingerprint density at radius 2 is 0.929 bits per heavy atom. The fourth-order valence-electron chi connectivity index (χ4n) is 6.61.